The Balaban J connectivity index is 2.05. The summed E-state index contributed by atoms with van der Waals surface area (Å²) in [5.74, 6) is -2.91. The van der Waals surface area contributed by atoms with E-state index in [4.69, 9.17) is 5.73 Å². The molecule has 0 radical (unpaired) electrons. The Labute approximate surface area is 150 Å². The standard InChI is InChI=1S/C16H13F3N6O2/c1-2-23(13-7-6-9(20)8-12(13)19)15(26)25-16(27)24(21-22-25)14-10(17)4-3-5-11(14)18/h3-8H,2,20H2,1H3. The van der Waals surface area contributed by atoms with Gasteiger partial charge < -0.3 is 5.73 Å². The number of amides is 1. The number of halogens is 3. The zero-order chi connectivity index (χ0) is 19.7. The molecule has 2 aromatic carbocycles. The Hall–Kier alpha value is -3.63. The van der Waals surface area contributed by atoms with Crippen molar-refractivity contribution in [3.05, 3.63) is 64.3 Å². The molecule has 11 heteroatoms. The molecule has 0 aliphatic rings. The minimum Gasteiger partial charge on any atom is -0.399 e. The van der Waals surface area contributed by atoms with Gasteiger partial charge in [0.05, 0.1) is 5.69 Å². The molecule has 3 rings (SSSR count). The highest BCUT2D eigenvalue weighted by molar-refractivity contribution is 5.93. The molecular formula is C16H13F3N6O2. The predicted octanol–water partition coefficient (Wildman–Crippen LogP) is 1.92. The summed E-state index contributed by atoms with van der Waals surface area (Å²) in [5, 5.41) is 6.71. The van der Waals surface area contributed by atoms with Crippen LogP contribution < -0.4 is 16.3 Å². The van der Waals surface area contributed by atoms with Gasteiger partial charge in [-0.25, -0.2) is 22.8 Å². The Morgan fingerprint density at radius 1 is 1.11 bits per heavy atom. The molecule has 0 unspecified atom stereocenters. The van der Waals surface area contributed by atoms with Gasteiger partial charge in [0, 0.05) is 12.2 Å². The van der Waals surface area contributed by atoms with Crippen LogP contribution in [-0.2, 0) is 0 Å². The van der Waals surface area contributed by atoms with E-state index in [1.54, 1.807) is 6.92 Å². The Bertz CT molecular complexity index is 1060. The molecule has 0 atom stereocenters. The van der Waals surface area contributed by atoms with E-state index in [0.717, 1.165) is 29.2 Å². The van der Waals surface area contributed by atoms with Gasteiger partial charge >= 0.3 is 11.7 Å². The highest BCUT2D eigenvalue weighted by Crippen LogP contribution is 2.22. The number of rotatable bonds is 3. The molecule has 27 heavy (non-hydrogen) atoms. The van der Waals surface area contributed by atoms with Crippen molar-refractivity contribution < 1.29 is 18.0 Å². The first-order valence-electron chi connectivity index (χ1n) is 7.71. The topological polar surface area (TPSA) is 99.0 Å². The van der Waals surface area contributed by atoms with E-state index < -0.39 is 34.9 Å². The van der Waals surface area contributed by atoms with Crippen LogP contribution in [-0.4, -0.2) is 32.4 Å². The molecule has 0 spiro atoms. The van der Waals surface area contributed by atoms with Crippen molar-refractivity contribution in [2.45, 2.75) is 6.92 Å². The maximum absolute atomic E-state index is 14.1. The van der Waals surface area contributed by atoms with Crippen LogP contribution >= 0.6 is 0 Å². The van der Waals surface area contributed by atoms with Gasteiger partial charge in [0.25, 0.3) is 0 Å². The first-order valence-corrected chi connectivity index (χ1v) is 7.71. The SMILES string of the molecule is CCN(C(=O)n1nnn(-c2c(F)cccc2F)c1=O)c1ccc(N)cc1F. The fraction of sp³-hybridized carbons (Fsp3) is 0.125. The van der Waals surface area contributed by atoms with E-state index in [1.165, 1.54) is 12.1 Å². The zero-order valence-electron chi connectivity index (χ0n) is 13.9. The number of hydrogen-bond donors (Lipinski definition) is 1. The van der Waals surface area contributed by atoms with E-state index in [1.807, 2.05) is 0 Å². The molecule has 1 aromatic heterocycles. The lowest BCUT2D eigenvalue weighted by Gasteiger charge is -2.20. The molecule has 1 heterocycles. The molecule has 0 bridgehead atoms. The van der Waals surface area contributed by atoms with E-state index in [9.17, 15) is 22.8 Å². The maximum Gasteiger partial charge on any atom is 0.377 e. The number of anilines is 2. The van der Waals surface area contributed by atoms with Crippen LogP contribution in [0.15, 0.2) is 41.2 Å². The summed E-state index contributed by atoms with van der Waals surface area (Å²) in [7, 11) is 0. The molecule has 0 fully saturated rings. The average Bonchev–Trinajstić information content (AvgIpc) is 2.98. The van der Waals surface area contributed by atoms with Gasteiger partial charge in [0.15, 0.2) is 11.6 Å². The van der Waals surface area contributed by atoms with Crippen molar-refractivity contribution in [3.8, 4) is 5.69 Å². The molecule has 3 aromatic rings. The molecule has 0 aliphatic carbocycles. The Kier molecular flexibility index (Phi) is 4.67. The lowest BCUT2D eigenvalue weighted by atomic mass is 10.2. The predicted molar refractivity (Wildman–Crippen MR) is 90.2 cm³/mol. The number of nitrogens with two attached hydrogens (primary N) is 1. The monoisotopic (exact) mass is 378 g/mol. The third-order valence-corrected chi connectivity index (χ3v) is 3.72. The second kappa shape index (κ2) is 6.94. The number of tetrazole rings is 1. The summed E-state index contributed by atoms with van der Waals surface area (Å²) in [6.07, 6.45) is 0. The smallest absolute Gasteiger partial charge is 0.377 e. The number of carbonyl (C=O) groups excluding carboxylic acids is 1. The van der Waals surface area contributed by atoms with E-state index in [0.29, 0.717) is 4.68 Å². The van der Waals surface area contributed by atoms with Gasteiger partial charge in [-0.05, 0) is 47.7 Å². The van der Waals surface area contributed by atoms with Gasteiger partial charge in [-0.2, -0.15) is 4.68 Å². The average molecular weight is 378 g/mol. The van der Waals surface area contributed by atoms with E-state index >= 15 is 0 Å². The van der Waals surface area contributed by atoms with Crippen LogP contribution in [0.4, 0.5) is 29.3 Å². The quantitative estimate of drug-likeness (QED) is 0.555. The fourth-order valence-electron chi connectivity index (χ4n) is 2.46. The van der Waals surface area contributed by atoms with E-state index in [-0.39, 0.29) is 22.6 Å². The van der Waals surface area contributed by atoms with Crippen LogP contribution in [0.1, 0.15) is 6.92 Å². The van der Waals surface area contributed by atoms with Crippen molar-refractivity contribution in [3.63, 3.8) is 0 Å². The first kappa shape index (κ1) is 18.2. The molecular weight excluding hydrogens is 365 g/mol. The zero-order valence-corrected chi connectivity index (χ0v) is 13.9. The van der Waals surface area contributed by atoms with E-state index in [2.05, 4.69) is 10.4 Å². The highest BCUT2D eigenvalue weighted by Gasteiger charge is 2.25. The second-order valence-electron chi connectivity index (χ2n) is 5.39. The summed E-state index contributed by atoms with van der Waals surface area (Å²) >= 11 is 0. The summed E-state index contributed by atoms with van der Waals surface area (Å²) in [5.41, 5.74) is 3.50. The van der Waals surface area contributed by atoms with Crippen LogP contribution in [0.2, 0.25) is 0 Å². The molecule has 0 saturated heterocycles. The van der Waals surface area contributed by atoms with Crippen LogP contribution in [0.25, 0.3) is 5.69 Å². The Morgan fingerprint density at radius 2 is 1.78 bits per heavy atom. The van der Waals surface area contributed by atoms with Gasteiger partial charge in [0.1, 0.15) is 11.5 Å². The van der Waals surface area contributed by atoms with Gasteiger partial charge in [-0.3, -0.25) is 4.90 Å². The number of aromatic nitrogens is 4. The molecule has 1 amide bonds. The summed E-state index contributed by atoms with van der Waals surface area (Å²) < 4.78 is 42.5. The number of nitrogen functional groups attached to an aromatic ring is 1. The molecule has 0 aliphatic heterocycles. The number of nitrogens with zero attached hydrogens (tertiary/aromatic N) is 5. The minimum atomic E-state index is -1.21. The van der Waals surface area contributed by atoms with Crippen LogP contribution in [0, 0.1) is 17.5 Å². The normalized spacial score (nSPS) is 10.8. The molecule has 140 valence electrons. The van der Waals surface area contributed by atoms with Gasteiger partial charge in [-0.15, -0.1) is 4.68 Å². The largest absolute Gasteiger partial charge is 0.399 e. The molecule has 0 saturated carbocycles. The first-order chi connectivity index (χ1) is 12.8. The van der Waals surface area contributed by atoms with Crippen LogP contribution in [0.5, 0.6) is 0 Å². The Morgan fingerprint density at radius 3 is 2.37 bits per heavy atom. The number of benzene rings is 2. The summed E-state index contributed by atoms with van der Waals surface area (Å²) in [6, 6.07) is 5.56. The second-order valence-corrected chi connectivity index (χ2v) is 5.39. The number of para-hydroxylation sites is 1. The van der Waals surface area contributed by atoms with Crippen molar-refractivity contribution in [2.24, 2.45) is 0 Å². The number of hydrogen-bond acceptors (Lipinski definition) is 5. The van der Waals surface area contributed by atoms with Gasteiger partial charge in [0.2, 0.25) is 0 Å². The fourth-order valence-corrected chi connectivity index (χ4v) is 2.46. The van der Waals surface area contributed by atoms with Crippen LogP contribution in [0.3, 0.4) is 0 Å². The minimum absolute atomic E-state index is 0.0208. The van der Waals surface area contributed by atoms with Crippen molar-refractivity contribution in [2.75, 3.05) is 17.2 Å². The van der Waals surface area contributed by atoms with Crippen molar-refractivity contribution in [1.29, 1.82) is 0 Å². The lowest BCUT2D eigenvalue weighted by molar-refractivity contribution is 0.244. The lowest BCUT2D eigenvalue weighted by Crippen LogP contribution is -2.41. The highest BCUT2D eigenvalue weighted by atomic mass is 19.1. The summed E-state index contributed by atoms with van der Waals surface area (Å²) in [4.78, 5) is 26.0. The number of carbonyl (C=O) groups is 1. The molecule has 2 N–H and O–H groups in total. The third-order valence-electron chi connectivity index (χ3n) is 3.72. The van der Waals surface area contributed by atoms with Crippen molar-refractivity contribution in [1.82, 2.24) is 19.8 Å². The van der Waals surface area contributed by atoms with Crippen molar-refractivity contribution >= 4 is 17.4 Å². The molecule has 8 nitrogen and oxygen atoms in total. The van der Waals surface area contributed by atoms with Gasteiger partial charge in [-0.1, -0.05) is 6.07 Å². The summed E-state index contributed by atoms with van der Waals surface area (Å²) in [6.45, 7) is 1.52. The maximum atomic E-state index is 14.1. The third kappa shape index (κ3) is 3.14.